The molecule has 2 N–H and O–H groups in total. The molecule has 0 saturated carbocycles. The number of morpholine rings is 1. The molecule has 1 saturated heterocycles. The minimum Gasteiger partial charge on any atom is -0.460 e. The van der Waals surface area contributed by atoms with Crippen LogP contribution >= 0.6 is 20.8 Å². The number of ether oxygens (including phenoxy) is 2. The van der Waals surface area contributed by atoms with E-state index in [-0.39, 0.29) is 6.10 Å². The maximum absolute atomic E-state index is 10.0. The van der Waals surface area contributed by atoms with Crippen molar-refractivity contribution in [2.75, 3.05) is 38.3 Å². The Labute approximate surface area is 239 Å². The highest BCUT2D eigenvalue weighted by Crippen LogP contribution is 2.26. The number of carbonyl (C=O) groups is 1. The summed E-state index contributed by atoms with van der Waals surface area (Å²) in [6.45, 7) is 7.56. The molecule has 0 bridgehead atoms. The lowest BCUT2D eigenvalue weighted by molar-refractivity contribution is -0.133. The molecule has 6 nitrogen and oxygen atoms in total. The Balaban J connectivity index is 0.000000293. The molecule has 2 atom stereocenters. The minimum absolute atomic E-state index is 0.281. The summed E-state index contributed by atoms with van der Waals surface area (Å²) in [5.41, 5.74) is 7.20. The van der Waals surface area contributed by atoms with Gasteiger partial charge in [0.1, 0.15) is 6.10 Å². The van der Waals surface area contributed by atoms with Crippen molar-refractivity contribution in [1.29, 1.82) is 5.41 Å². The minimum atomic E-state index is -0.281. The van der Waals surface area contributed by atoms with E-state index in [1.54, 1.807) is 19.9 Å². The van der Waals surface area contributed by atoms with Crippen LogP contribution in [0.2, 0.25) is 5.02 Å². The lowest BCUT2D eigenvalue weighted by Gasteiger charge is -2.28. The van der Waals surface area contributed by atoms with Crippen LogP contribution in [0.4, 0.5) is 5.69 Å². The fraction of sp³-hybridized carbons (Fsp3) is 0.290. The van der Waals surface area contributed by atoms with E-state index in [0.29, 0.717) is 17.2 Å². The van der Waals surface area contributed by atoms with Gasteiger partial charge in [0.25, 0.3) is 6.47 Å². The van der Waals surface area contributed by atoms with Crippen molar-refractivity contribution in [2.45, 2.75) is 26.4 Å². The van der Waals surface area contributed by atoms with Gasteiger partial charge in [-0.2, -0.15) is 0 Å². The number of hydrogen-bond acceptors (Lipinski definition) is 6. The zero-order valence-corrected chi connectivity index (χ0v) is 24.7. The molecule has 1 heterocycles. The van der Waals surface area contributed by atoms with Gasteiger partial charge in [-0.3, -0.25) is 4.79 Å². The van der Waals surface area contributed by atoms with Gasteiger partial charge in [-0.05, 0) is 55.2 Å². The standard InChI is InChI=1S/C22H28N3OP.C9H9ClO2/c1-16(23)21(24-2)22(27)19-7-3-17(4-8-19)15-18-5-9-20(10-6-18)25-11-13-26-14-12-25;1-7(12-6-11)8-4-2-3-5-9(8)10/h3-10,23-24H,11-15,27H2,1-2H3;2-7H,1H3/b22-21+,23-16?;. The van der Waals surface area contributed by atoms with Gasteiger partial charge in [-0.1, -0.05) is 66.2 Å². The largest absolute Gasteiger partial charge is 0.460 e. The van der Waals surface area contributed by atoms with Gasteiger partial charge in [0, 0.05) is 41.7 Å². The molecule has 8 heteroatoms. The second kappa shape index (κ2) is 15.4. The highest BCUT2D eigenvalue weighted by atomic mass is 35.5. The van der Waals surface area contributed by atoms with Crippen molar-refractivity contribution in [3.63, 3.8) is 0 Å². The molecule has 2 unspecified atom stereocenters. The second-order valence-electron chi connectivity index (χ2n) is 9.20. The molecular weight excluding hydrogens is 529 g/mol. The fourth-order valence-corrected chi connectivity index (χ4v) is 5.16. The van der Waals surface area contributed by atoms with E-state index in [0.717, 1.165) is 54.9 Å². The topological polar surface area (TPSA) is 74.7 Å². The molecule has 39 heavy (non-hydrogen) atoms. The Morgan fingerprint density at radius 3 is 2.21 bits per heavy atom. The summed E-state index contributed by atoms with van der Waals surface area (Å²) in [6.07, 6.45) is 0.637. The van der Waals surface area contributed by atoms with Gasteiger partial charge in [0.2, 0.25) is 0 Å². The SMILES string of the molecule is CC(OC=O)c1ccccc1Cl.CN/C(C(C)=N)=C(/P)c1ccc(Cc2ccc(N3CCOCC3)cc2)cc1. The van der Waals surface area contributed by atoms with E-state index >= 15 is 0 Å². The van der Waals surface area contributed by atoms with Crippen LogP contribution in [0.25, 0.3) is 5.31 Å². The number of allylic oxidation sites excluding steroid dienone is 1. The molecule has 0 amide bonds. The number of nitrogens with zero attached hydrogens (tertiary/aromatic N) is 1. The first-order valence-corrected chi connectivity index (χ1v) is 13.9. The molecule has 4 rings (SSSR count). The van der Waals surface area contributed by atoms with E-state index in [4.69, 9.17) is 26.5 Å². The molecule has 3 aromatic rings. The van der Waals surface area contributed by atoms with Gasteiger partial charge >= 0.3 is 0 Å². The average Bonchev–Trinajstić information content (AvgIpc) is 2.95. The average molecular weight is 566 g/mol. The van der Waals surface area contributed by atoms with Crippen LogP contribution in [0.5, 0.6) is 0 Å². The van der Waals surface area contributed by atoms with Crippen LogP contribution in [0.15, 0.2) is 78.5 Å². The molecule has 0 spiro atoms. The third kappa shape index (κ3) is 8.93. The van der Waals surface area contributed by atoms with E-state index in [2.05, 4.69) is 68.0 Å². The summed E-state index contributed by atoms with van der Waals surface area (Å²) in [7, 11) is 4.60. The number of carbonyl (C=O) groups excluding carboxylic acids is 1. The third-order valence-corrected chi connectivity index (χ3v) is 7.45. The molecule has 1 aliphatic rings. The highest BCUT2D eigenvalue weighted by Gasteiger charge is 2.11. The van der Waals surface area contributed by atoms with Crippen molar-refractivity contribution in [1.82, 2.24) is 5.32 Å². The van der Waals surface area contributed by atoms with Crippen LogP contribution in [0.1, 0.15) is 42.2 Å². The molecule has 1 aliphatic heterocycles. The van der Waals surface area contributed by atoms with Gasteiger partial charge in [-0.25, -0.2) is 0 Å². The zero-order chi connectivity index (χ0) is 28.2. The van der Waals surface area contributed by atoms with Gasteiger partial charge < -0.3 is 25.1 Å². The van der Waals surface area contributed by atoms with Crippen LogP contribution in [-0.4, -0.2) is 45.5 Å². The van der Waals surface area contributed by atoms with Gasteiger partial charge in [-0.15, -0.1) is 9.24 Å². The Morgan fingerprint density at radius 2 is 1.67 bits per heavy atom. The first-order chi connectivity index (χ1) is 18.8. The fourth-order valence-electron chi connectivity index (χ4n) is 4.31. The summed E-state index contributed by atoms with van der Waals surface area (Å²) >= 11 is 5.86. The Hall–Kier alpha value is -3.18. The molecule has 0 radical (unpaired) electrons. The van der Waals surface area contributed by atoms with Crippen molar-refractivity contribution in [3.8, 4) is 0 Å². The van der Waals surface area contributed by atoms with Crippen molar-refractivity contribution in [2.24, 2.45) is 0 Å². The Kier molecular flexibility index (Phi) is 12.0. The summed E-state index contributed by atoms with van der Waals surface area (Å²) < 4.78 is 10.2. The van der Waals surface area contributed by atoms with Gasteiger partial charge in [0.15, 0.2) is 0 Å². The zero-order valence-electron chi connectivity index (χ0n) is 22.7. The quantitative estimate of drug-likeness (QED) is 0.176. The van der Waals surface area contributed by atoms with E-state index < -0.39 is 0 Å². The summed E-state index contributed by atoms with van der Waals surface area (Å²) in [6, 6.07) is 24.7. The monoisotopic (exact) mass is 565 g/mol. The predicted octanol–water partition coefficient (Wildman–Crippen LogP) is 6.49. The predicted molar refractivity (Wildman–Crippen MR) is 165 cm³/mol. The first kappa shape index (κ1) is 30.4. The summed E-state index contributed by atoms with van der Waals surface area (Å²) in [5, 5.41) is 12.6. The Bertz CT molecular complexity index is 1260. The smallest absolute Gasteiger partial charge is 0.293 e. The number of rotatable bonds is 9. The highest BCUT2D eigenvalue weighted by molar-refractivity contribution is 7.31. The maximum Gasteiger partial charge on any atom is 0.293 e. The van der Waals surface area contributed by atoms with Crippen molar-refractivity contribution in [3.05, 3.63) is 106 Å². The molecule has 1 fully saturated rings. The third-order valence-electron chi connectivity index (χ3n) is 6.48. The van der Waals surface area contributed by atoms with Crippen LogP contribution in [-0.2, 0) is 20.7 Å². The summed E-state index contributed by atoms with van der Waals surface area (Å²) in [5.74, 6) is 0. The number of anilines is 1. The number of halogens is 1. The van der Waals surface area contributed by atoms with E-state index in [1.807, 2.05) is 25.2 Å². The van der Waals surface area contributed by atoms with Crippen LogP contribution in [0.3, 0.4) is 0 Å². The number of hydrogen-bond donors (Lipinski definition) is 2. The molecule has 0 aromatic heterocycles. The second-order valence-corrected chi connectivity index (χ2v) is 10.2. The molecule has 206 valence electrons. The van der Waals surface area contributed by atoms with E-state index in [9.17, 15) is 4.79 Å². The van der Waals surface area contributed by atoms with Crippen molar-refractivity contribution >= 4 is 44.0 Å². The molecule has 3 aromatic carbocycles. The lowest BCUT2D eigenvalue weighted by atomic mass is 10.0. The maximum atomic E-state index is 10.0. The number of benzene rings is 3. The Morgan fingerprint density at radius 1 is 1.08 bits per heavy atom. The lowest BCUT2D eigenvalue weighted by Crippen LogP contribution is -2.36. The van der Waals surface area contributed by atoms with E-state index in [1.165, 1.54) is 16.8 Å². The molecule has 0 aliphatic carbocycles. The normalized spacial score (nSPS) is 14.3. The van der Waals surface area contributed by atoms with Crippen molar-refractivity contribution < 1.29 is 14.3 Å². The summed E-state index contributed by atoms with van der Waals surface area (Å²) in [4.78, 5) is 12.4. The van der Waals surface area contributed by atoms with Crippen LogP contribution < -0.4 is 10.2 Å². The molecular formula is C31H37ClN3O3P. The van der Waals surface area contributed by atoms with Gasteiger partial charge in [0.05, 0.1) is 24.6 Å². The first-order valence-electron chi connectivity index (χ1n) is 12.9. The number of nitrogens with one attached hydrogen (secondary N) is 2. The van der Waals surface area contributed by atoms with Crippen LogP contribution in [0, 0.1) is 5.41 Å².